The summed E-state index contributed by atoms with van der Waals surface area (Å²) in [7, 11) is 0. The van der Waals surface area contributed by atoms with Gasteiger partial charge in [0.25, 0.3) is 5.91 Å². The van der Waals surface area contributed by atoms with Crippen molar-refractivity contribution in [2.75, 3.05) is 0 Å². The molecule has 0 atom stereocenters. The van der Waals surface area contributed by atoms with Gasteiger partial charge in [0.05, 0.1) is 10.7 Å². The SMILES string of the molecule is O=C(Cn1nnc(-c2ccccc2)n1)N/N=C\c1cc(Br)cc(Br)c1O. The molecule has 0 spiro atoms. The van der Waals surface area contributed by atoms with Crippen molar-refractivity contribution in [1.82, 2.24) is 25.6 Å². The highest BCUT2D eigenvalue weighted by atomic mass is 79.9. The maximum atomic E-state index is 11.9. The molecule has 26 heavy (non-hydrogen) atoms. The number of amides is 1. The molecule has 0 unspecified atom stereocenters. The van der Waals surface area contributed by atoms with Gasteiger partial charge in [0.1, 0.15) is 12.3 Å². The van der Waals surface area contributed by atoms with E-state index in [1.807, 2.05) is 30.3 Å². The molecule has 0 aliphatic carbocycles. The fourth-order valence-corrected chi connectivity index (χ4v) is 3.29. The van der Waals surface area contributed by atoms with E-state index in [1.54, 1.807) is 12.1 Å². The van der Waals surface area contributed by atoms with Gasteiger partial charge in [0.2, 0.25) is 5.82 Å². The van der Waals surface area contributed by atoms with Gasteiger partial charge in [0, 0.05) is 15.6 Å². The van der Waals surface area contributed by atoms with Crippen molar-refractivity contribution in [3.8, 4) is 17.1 Å². The Bertz CT molecular complexity index is 959. The second-order valence-corrected chi connectivity index (χ2v) is 6.90. The van der Waals surface area contributed by atoms with E-state index < -0.39 is 5.91 Å². The van der Waals surface area contributed by atoms with Gasteiger partial charge in [-0.1, -0.05) is 46.3 Å². The van der Waals surface area contributed by atoms with Crippen LogP contribution in [0, 0.1) is 0 Å². The quantitative estimate of drug-likeness (QED) is 0.432. The maximum absolute atomic E-state index is 11.9. The Kier molecular flexibility index (Phi) is 5.74. The minimum absolute atomic E-state index is 0.0247. The lowest BCUT2D eigenvalue weighted by molar-refractivity contribution is -0.122. The zero-order chi connectivity index (χ0) is 18.5. The highest BCUT2D eigenvalue weighted by Crippen LogP contribution is 2.30. The molecule has 8 nitrogen and oxygen atoms in total. The van der Waals surface area contributed by atoms with Crippen LogP contribution in [0.5, 0.6) is 5.75 Å². The largest absolute Gasteiger partial charge is 0.506 e. The highest BCUT2D eigenvalue weighted by molar-refractivity contribution is 9.11. The van der Waals surface area contributed by atoms with E-state index in [2.05, 4.69) is 57.8 Å². The Morgan fingerprint density at radius 2 is 2.04 bits per heavy atom. The summed E-state index contributed by atoms with van der Waals surface area (Å²) in [5.41, 5.74) is 3.61. The summed E-state index contributed by atoms with van der Waals surface area (Å²) in [5.74, 6) is 0.0364. The minimum atomic E-state index is -0.424. The standard InChI is InChI=1S/C16H12Br2N6O2/c17-12-6-11(15(26)13(18)7-12)8-19-20-14(25)9-24-22-16(21-23-24)10-4-2-1-3-5-10/h1-8,26H,9H2,(H,20,25)/b19-8-. The lowest BCUT2D eigenvalue weighted by Crippen LogP contribution is -2.24. The second-order valence-electron chi connectivity index (χ2n) is 5.13. The molecule has 3 aromatic rings. The van der Waals surface area contributed by atoms with Crippen molar-refractivity contribution in [1.29, 1.82) is 0 Å². The van der Waals surface area contributed by atoms with E-state index in [0.717, 1.165) is 10.0 Å². The van der Waals surface area contributed by atoms with E-state index >= 15 is 0 Å². The Morgan fingerprint density at radius 1 is 1.27 bits per heavy atom. The summed E-state index contributed by atoms with van der Waals surface area (Å²) in [4.78, 5) is 13.1. The monoisotopic (exact) mass is 478 g/mol. The number of hydrazone groups is 1. The number of tetrazole rings is 1. The van der Waals surface area contributed by atoms with Crippen LogP contribution in [0.25, 0.3) is 11.4 Å². The molecule has 0 aliphatic rings. The molecular formula is C16H12Br2N6O2. The minimum Gasteiger partial charge on any atom is -0.506 e. The molecular weight excluding hydrogens is 468 g/mol. The number of phenols is 1. The van der Waals surface area contributed by atoms with Crippen LogP contribution >= 0.6 is 31.9 Å². The van der Waals surface area contributed by atoms with Crippen LogP contribution in [0.2, 0.25) is 0 Å². The Labute approximate surface area is 165 Å². The van der Waals surface area contributed by atoms with Crippen molar-refractivity contribution < 1.29 is 9.90 Å². The third-order valence-corrected chi connectivity index (χ3v) is 4.28. The summed E-state index contributed by atoms with van der Waals surface area (Å²) in [6, 6.07) is 12.7. The van der Waals surface area contributed by atoms with Crippen LogP contribution in [0.3, 0.4) is 0 Å². The predicted molar refractivity (Wildman–Crippen MR) is 102 cm³/mol. The first-order valence-electron chi connectivity index (χ1n) is 7.36. The number of halogens is 2. The van der Waals surface area contributed by atoms with Gasteiger partial charge < -0.3 is 5.11 Å². The van der Waals surface area contributed by atoms with Gasteiger partial charge in [-0.05, 0) is 33.3 Å². The van der Waals surface area contributed by atoms with E-state index in [4.69, 9.17) is 0 Å². The zero-order valence-electron chi connectivity index (χ0n) is 13.2. The van der Waals surface area contributed by atoms with Gasteiger partial charge in [0.15, 0.2) is 0 Å². The van der Waals surface area contributed by atoms with Crippen LogP contribution in [0.1, 0.15) is 5.56 Å². The molecule has 0 bridgehead atoms. The van der Waals surface area contributed by atoms with Crippen LogP contribution < -0.4 is 5.43 Å². The maximum Gasteiger partial charge on any atom is 0.263 e. The first-order chi connectivity index (χ1) is 12.5. The van der Waals surface area contributed by atoms with Crippen molar-refractivity contribution in [2.24, 2.45) is 5.10 Å². The molecule has 10 heteroatoms. The van der Waals surface area contributed by atoms with Gasteiger partial charge in [-0.25, -0.2) is 5.43 Å². The second kappa shape index (κ2) is 8.19. The van der Waals surface area contributed by atoms with Crippen LogP contribution in [0.4, 0.5) is 0 Å². The number of phenolic OH excluding ortho intramolecular Hbond substituents is 1. The number of aromatic nitrogens is 4. The average molecular weight is 480 g/mol. The van der Waals surface area contributed by atoms with Crippen molar-refractivity contribution in [3.63, 3.8) is 0 Å². The number of carbonyl (C=O) groups excluding carboxylic acids is 1. The van der Waals surface area contributed by atoms with Crippen LogP contribution in [-0.4, -0.2) is 37.4 Å². The van der Waals surface area contributed by atoms with Crippen molar-refractivity contribution >= 4 is 44.0 Å². The topological polar surface area (TPSA) is 105 Å². The molecule has 2 aromatic carbocycles. The molecule has 2 N–H and O–H groups in total. The number of aromatic hydroxyl groups is 1. The number of hydrogen-bond donors (Lipinski definition) is 2. The Hall–Kier alpha value is -2.59. The zero-order valence-corrected chi connectivity index (χ0v) is 16.3. The van der Waals surface area contributed by atoms with Crippen molar-refractivity contribution in [3.05, 3.63) is 57.0 Å². The van der Waals surface area contributed by atoms with Gasteiger partial charge in [-0.2, -0.15) is 9.90 Å². The normalized spacial score (nSPS) is 11.0. The van der Waals surface area contributed by atoms with E-state index in [-0.39, 0.29) is 12.3 Å². The fourth-order valence-electron chi connectivity index (χ4n) is 2.03. The van der Waals surface area contributed by atoms with E-state index in [9.17, 15) is 9.90 Å². The molecule has 0 aliphatic heterocycles. The predicted octanol–water partition coefficient (Wildman–Crippen LogP) is 2.72. The number of nitrogens with one attached hydrogen (secondary N) is 1. The molecule has 1 heterocycles. The number of rotatable bonds is 5. The van der Waals surface area contributed by atoms with Crippen LogP contribution in [-0.2, 0) is 11.3 Å². The molecule has 0 fully saturated rings. The number of benzene rings is 2. The molecule has 1 aromatic heterocycles. The van der Waals surface area contributed by atoms with E-state index in [0.29, 0.717) is 15.9 Å². The summed E-state index contributed by atoms with van der Waals surface area (Å²) in [5, 5.41) is 25.7. The van der Waals surface area contributed by atoms with Crippen molar-refractivity contribution in [2.45, 2.75) is 6.54 Å². The van der Waals surface area contributed by atoms with E-state index in [1.165, 1.54) is 11.0 Å². The lowest BCUT2D eigenvalue weighted by Gasteiger charge is -2.03. The number of hydrogen-bond acceptors (Lipinski definition) is 6. The average Bonchev–Trinajstić information content (AvgIpc) is 3.08. The smallest absolute Gasteiger partial charge is 0.263 e. The number of nitrogens with zero attached hydrogens (tertiary/aromatic N) is 5. The Balaban J connectivity index is 1.61. The summed E-state index contributed by atoms with van der Waals surface area (Å²) in [6.45, 7) is -0.134. The molecule has 0 saturated carbocycles. The summed E-state index contributed by atoms with van der Waals surface area (Å²) >= 11 is 6.54. The summed E-state index contributed by atoms with van der Waals surface area (Å²) in [6.07, 6.45) is 1.34. The first-order valence-corrected chi connectivity index (χ1v) is 8.94. The summed E-state index contributed by atoms with van der Waals surface area (Å²) < 4.78 is 1.27. The Morgan fingerprint density at radius 3 is 2.81 bits per heavy atom. The lowest BCUT2D eigenvalue weighted by atomic mass is 10.2. The molecule has 3 rings (SSSR count). The first kappa shape index (κ1) is 18.2. The third kappa shape index (κ3) is 4.52. The molecule has 0 saturated heterocycles. The third-order valence-electron chi connectivity index (χ3n) is 3.22. The fraction of sp³-hybridized carbons (Fsp3) is 0.0625. The molecule has 0 radical (unpaired) electrons. The van der Waals surface area contributed by atoms with Gasteiger partial charge >= 0.3 is 0 Å². The molecule has 1 amide bonds. The highest BCUT2D eigenvalue weighted by Gasteiger charge is 2.09. The van der Waals surface area contributed by atoms with Gasteiger partial charge in [-0.15, -0.1) is 10.2 Å². The van der Waals surface area contributed by atoms with Crippen LogP contribution in [0.15, 0.2) is 56.5 Å². The number of carbonyl (C=O) groups is 1. The molecule has 132 valence electrons. The van der Waals surface area contributed by atoms with Gasteiger partial charge in [-0.3, -0.25) is 4.79 Å².